The second kappa shape index (κ2) is 10.1. The largest absolute Gasteiger partial charge is 0.326 e. The van der Waals surface area contributed by atoms with E-state index in [-0.39, 0.29) is 12.3 Å². The van der Waals surface area contributed by atoms with E-state index in [2.05, 4.69) is 9.88 Å². The van der Waals surface area contributed by atoms with Crippen molar-refractivity contribution >= 4 is 43.9 Å². The van der Waals surface area contributed by atoms with E-state index in [1.807, 2.05) is 28.8 Å². The molecule has 0 atom stereocenters. The third-order valence-corrected chi connectivity index (χ3v) is 7.99. The highest BCUT2D eigenvalue weighted by atomic mass is 35.5. The highest BCUT2D eigenvalue weighted by molar-refractivity contribution is 7.23. The summed E-state index contributed by atoms with van der Waals surface area (Å²) in [6.45, 7) is 3.55. The molecule has 0 spiro atoms. The number of fused-ring (bicyclic) bond motifs is 3. The summed E-state index contributed by atoms with van der Waals surface area (Å²) in [5.41, 5.74) is 8.87. The standard InChI is InChI=1S/C26H28ClFN4OS/c27-20-12-18(13-21(28)19(20)15-29)22-16-32-23-8-7-17(14-25(23)34-26(32)30-22)24(33)6-2-5-11-31-9-3-1-4-10-31/h7-8,12-14,16H,1-6,9-11,15,29H2. The SMILES string of the molecule is NCc1c(F)cc(-c2cn3c(n2)sc2cc(C(=O)CCCCN4CCCCC4)ccc23)cc1Cl. The average molecular weight is 499 g/mol. The van der Waals surface area contributed by atoms with Crippen molar-refractivity contribution in [3.63, 3.8) is 0 Å². The number of unbranched alkanes of at least 4 members (excludes halogenated alkanes) is 1. The van der Waals surface area contributed by atoms with Gasteiger partial charge in [-0.3, -0.25) is 9.20 Å². The molecular formula is C26H28ClFN4OS. The van der Waals surface area contributed by atoms with E-state index in [0.717, 1.165) is 40.1 Å². The molecule has 178 valence electrons. The normalized spacial score (nSPS) is 14.9. The van der Waals surface area contributed by atoms with Crippen molar-refractivity contribution in [2.75, 3.05) is 19.6 Å². The Morgan fingerprint density at radius 2 is 1.97 bits per heavy atom. The molecule has 0 radical (unpaired) electrons. The van der Waals surface area contributed by atoms with Crippen LogP contribution in [0, 0.1) is 5.82 Å². The predicted molar refractivity (Wildman–Crippen MR) is 137 cm³/mol. The molecule has 0 saturated carbocycles. The van der Waals surface area contributed by atoms with Gasteiger partial charge in [0.15, 0.2) is 10.7 Å². The van der Waals surface area contributed by atoms with E-state index < -0.39 is 5.82 Å². The molecule has 1 saturated heterocycles. The van der Waals surface area contributed by atoms with Crippen LogP contribution in [0.5, 0.6) is 0 Å². The molecule has 2 N–H and O–H groups in total. The number of nitrogens with two attached hydrogens (primary N) is 1. The molecule has 4 aromatic rings. The minimum atomic E-state index is -0.426. The minimum Gasteiger partial charge on any atom is -0.326 e. The molecule has 2 aromatic carbocycles. The number of imidazole rings is 1. The maximum absolute atomic E-state index is 14.3. The molecule has 5 rings (SSSR count). The van der Waals surface area contributed by atoms with Gasteiger partial charge in [-0.1, -0.05) is 29.4 Å². The molecule has 2 aromatic heterocycles. The highest BCUT2D eigenvalue weighted by Crippen LogP contribution is 2.32. The fourth-order valence-electron chi connectivity index (χ4n) is 4.71. The summed E-state index contributed by atoms with van der Waals surface area (Å²) < 4.78 is 17.3. The predicted octanol–water partition coefficient (Wildman–Crippen LogP) is 6.31. The zero-order valence-corrected chi connectivity index (χ0v) is 20.6. The lowest BCUT2D eigenvalue weighted by molar-refractivity contribution is 0.0977. The maximum Gasteiger partial charge on any atom is 0.195 e. The number of hydrogen-bond acceptors (Lipinski definition) is 5. The number of hydrogen-bond donors (Lipinski definition) is 1. The van der Waals surface area contributed by atoms with Crippen molar-refractivity contribution < 1.29 is 9.18 Å². The molecule has 1 fully saturated rings. The van der Waals surface area contributed by atoms with Gasteiger partial charge in [-0.15, -0.1) is 0 Å². The van der Waals surface area contributed by atoms with Crippen molar-refractivity contribution in [1.29, 1.82) is 0 Å². The first kappa shape index (κ1) is 23.4. The molecule has 0 bridgehead atoms. The molecule has 8 heteroatoms. The van der Waals surface area contributed by atoms with Crippen molar-refractivity contribution in [3.8, 4) is 11.3 Å². The van der Waals surface area contributed by atoms with Crippen LogP contribution in [0.2, 0.25) is 5.02 Å². The van der Waals surface area contributed by atoms with Crippen LogP contribution in [0.15, 0.2) is 36.5 Å². The number of carbonyl (C=O) groups is 1. The van der Waals surface area contributed by atoms with Crippen molar-refractivity contribution in [3.05, 3.63) is 58.5 Å². The van der Waals surface area contributed by atoms with E-state index in [0.29, 0.717) is 28.3 Å². The molecule has 0 aliphatic carbocycles. The van der Waals surface area contributed by atoms with Crippen LogP contribution in [-0.4, -0.2) is 39.7 Å². The van der Waals surface area contributed by atoms with Gasteiger partial charge in [0.05, 0.1) is 15.9 Å². The Hall–Kier alpha value is -2.32. The lowest BCUT2D eigenvalue weighted by Crippen LogP contribution is -2.30. The Labute approximate surface area is 207 Å². The van der Waals surface area contributed by atoms with Crippen LogP contribution in [0.4, 0.5) is 4.39 Å². The molecule has 1 aliphatic rings. The topological polar surface area (TPSA) is 63.6 Å². The Bertz CT molecular complexity index is 1320. The minimum absolute atomic E-state index is 0.0490. The van der Waals surface area contributed by atoms with Crippen molar-refractivity contribution in [2.24, 2.45) is 5.73 Å². The van der Waals surface area contributed by atoms with Gasteiger partial charge >= 0.3 is 0 Å². The molecule has 0 unspecified atom stereocenters. The van der Waals surface area contributed by atoms with Crippen LogP contribution in [-0.2, 0) is 6.54 Å². The van der Waals surface area contributed by atoms with Crippen LogP contribution in [0.3, 0.4) is 0 Å². The lowest BCUT2D eigenvalue weighted by atomic mass is 10.0. The first-order valence-corrected chi connectivity index (χ1v) is 13.1. The number of carbonyl (C=O) groups excluding carboxylic acids is 1. The van der Waals surface area contributed by atoms with Crippen molar-refractivity contribution in [1.82, 2.24) is 14.3 Å². The van der Waals surface area contributed by atoms with Gasteiger partial charge < -0.3 is 10.6 Å². The number of Topliss-reactive ketones (excluding diaryl/α,β-unsaturated/α-hetero) is 1. The molecule has 3 heterocycles. The van der Waals surface area contributed by atoms with Gasteiger partial charge in [-0.25, -0.2) is 9.37 Å². The molecule has 0 amide bonds. The number of nitrogens with zero attached hydrogens (tertiary/aromatic N) is 3. The number of likely N-dealkylation sites (tertiary alicyclic amines) is 1. The van der Waals surface area contributed by atoms with E-state index in [4.69, 9.17) is 17.3 Å². The number of aromatic nitrogens is 2. The Morgan fingerprint density at radius 1 is 1.15 bits per heavy atom. The Morgan fingerprint density at radius 3 is 2.74 bits per heavy atom. The summed E-state index contributed by atoms with van der Waals surface area (Å²) in [5.74, 6) is -0.234. The Kier molecular flexibility index (Phi) is 6.97. The molecule has 34 heavy (non-hydrogen) atoms. The summed E-state index contributed by atoms with van der Waals surface area (Å²) in [5, 5.41) is 0.304. The summed E-state index contributed by atoms with van der Waals surface area (Å²) in [6.07, 6.45) is 8.40. The van der Waals surface area contributed by atoms with Crippen LogP contribution >= 0.6 is 22.9 Å². The van der Waals surface area contributed by atoms with E-state index >= 15 is 0 Å². The quantitative estimate of drug-likeness (QED) is 0.228. The third kappa shape index (κ3) is 4.75. The average Bonchev–Trinajstić information content (AvgIpc) is 3.40. The first-order valence-electron chi connectivity index (χ1n) is 11.9. The third-order valence-electron chi connectivity index (χ3n) is 6.63. The van der Waals surface area contributed by atoms with Crippen LogP contribution < -0.4 is 5.73 Å². The fraction of sp³-hybridized carbons (Fsp3) is 0.385. The van der Waals surface area contributed by atoms with E-state index in [1.54, 1.807) is 6.07 Å². The Balaban J connectivity index is 1.29. The molecule has 1 aliphatic heterocycles. The highest BCUT2D eigenvalue weighted by Gasteiger charge is 2.16. The van der Waals surface area contributed by atoms with Crippen LogP contribution in [0.1, 0.15) is 54.4 Å². The molecular weight excluding hydrogens is 471 g/mol. The molecule has 5 nitrogen and oxygen atoms in total. The van der Waals surface area contributed by atoms with Gasteiger partial charge in [0, 0.05) is 40.9 Å². The van der Waals surface area contributed by atoms with Gasteiger partial charge in [0.2, 0.25) is 0 Å². The van der Waals surface area contributed by atoms with E-state index in [9.17, 15) is 9.18 Å². The van der Waals surface area contributed by atoms with Gasteiger partial charge in [-0.05, 0) is 75.6 Å². The summed E-state index contributed by atoms with van der Waals surface area (Å²) >= 11 is 7.72. The van der Waals surface area contributed by atoms with E-state index in [1.165, 1.54) is 49.8 Å². The summed E-state index contributed by atoms with van der Waals surface area (Å²) in [7, 11) is 0. The smallest absolute Gasteiger partial charge is 0.195 e. The number of benzene rings is 2. The summed E-state index contributed by atoms with van der Waals surface area (Å²) in [6, 6.07) is 8.95. The van der Waals surface area contributed by atoms with Gasteiger partial charge in [-0.2, -0.15) is 0 Å². The number of ketones is 1. The monoisotopic (exact) mass is 498 g/mol. The van der Waals surface area contributed by atoms with Gasteiger partial charge in [0.25, 0.3) is 0 Å². The number of thiazole rings is 1. The zero-order valence-electron chi connectivity index (χ0n) is 19.0. The van der Waals surface area contributed by atoms with Crippen LogP contribution in [0.25, 0.3) is 26.4 Å². The van der Waals surface area contributed by atoms with Crippen molar-refractivity contribution in [2.45, 2.75) is 45.1 Å². The van der Waals surface area contributed by atoms with Gasteiger partial charge in [0.1, 0.15) is 5.82 Å². The lowest BCUT2D eigenvalue weighted by Gasteiger charge is -2.26. The second-order valence-electron chi connectivity index (χ2n) is 8.97. The maximum atomic E-state index is 14.3. The number of rotatable bonds is 8. The summed E-state index contributed by atoms with van der Waals surface area (Å²) in [4.78, 5) is 20.7. The first-order chi connectivity index (χ1) is 16.5. The fourth-order valence-corrected chi connectivity index (χ4v) is 6.04. The second-order valence-corrected chi connectivity index (χ2v) is 10.4. The zero-order chi connectivity index (χ0) is 23.7. The number of piperidine rings is 1. The number of halogens is 2.